The summed E-state index contributed by atoms with van der Waals surface area (Å²) in [6, 6.07) is 0.636. The monoisotopic (exact) mass is 229 g/mol. The van der Waals surface area contributed by atoms with E-state index in [1.54, 1.807) is 0 Å². The van der Waals surface area contributed by atoms with Gasteiger partial charge in [0.15, 0.2) is 0 Å². The average molecular weight is 229 g/mol. The van der Waals surface area contributed by atoms with Crippen molar-refractivity contribution in [3.63, 3.8) is 0 Å². The third-order valence-electron chi connectivity index (χ3n) is 3.17. The largest absolute Gasteiger partial charge is 0.394 e. The highest BCUT2D eigenvalue weighted by atomic mass is 16.5. The summed E-state index contributed by atoms with van der Waals surface area (Å²) in [5.41, 5.74) is -0.147. The van der Waals surface area contributed by atoms with Crippen LogP contribution in [0, 0.1) is 0 Å². The zero-order chi connectivity index (χ0) is 11.9. The smallest absolute Gasteiger partial charge is 0.0611 e. The van der Waals surface area contributed by atoms with E-state index >= 15 is 0 Å². The van der Waals surface area contributed by atoms with Gasteiger partial charge in [-0.25, -0.2) is 0 Å². The fraction of sp³-hybridized carbons (Fsp3) is 1.00. The first-order chi connectivity index (χ1) is 7.70. The molecule has 1 unspecified atom stereocenters. The maximum atomic E-state index is 9.38. The van der Waals surface area contributed by atoms with Gasteiger partial charge in [-0.2, -0.15) is 0 Å². The van der Waals surface area contributed by atoms with Crippen molar-refractivity contribution in [1.82, 2.24) is 5.32 Å². The Balaban J connectivity index is 2.03. The summed E-state index contributed by atoms with van der Waals surface area (Å²) in [4.78, 5) is 0. The zero-order valence-electron chi connectivity index (χ0n) is 10.8. The molecule has 0 amide bonds. The molecule has 1 aliphatic rings. The lowest BCUT2D eigenvalue weighted by atomic mass is 9.99. The molecule has 0 aliphatic heterocycles. The van der Waals surface area contributed by atoms with Gasteiger partial charge in [0, 0.05) is 24.8 Å². The van der Waals surface area contributed by atoms with E-state index < -0.39 is 0 Å². The maximum absolute atomic E-state index is 9.38. The molecular weight excluding hydrogens is 202 g/mol. The van der Waals surface area contributed by atoms with Crippen LogP contribution in [0.25, 0.3) is 0 Å². The molecule has 1 rings (SSSR count). The van der Waals surface area contributed by atoms with Crippen LogP contribution in [-0.4, -0.2) is 36.5 Å². The van der Waals surface area contributed by atoms with Crippen molar-refractivity contribution in [2.45, 2.75) is 64.0 Å². The predicted octanol–water partition coefficient (Wildman–Crippen LogP) is 2.09. The van der Waals surface area contributed by atoms with Gasteiger partial charge in [-0.05, 0) is 32.6 Å². The lowest BCUT2D eigenvalue weighted by Crippen LogP contribution is -2.47. The van der Waals surface area contributed by atoms with Crippen LogP contribution in [0.3, 0.4) is 0 Å². The topological polar surface area (TPSA) is 41.5 Å². The molecule has 1 fully saturated rings. The van der Waals surface area contributed by atoms with Crippen molar-refractivity contribution in [2.75, 3.05) is 19.8 Å². The molecule has 3 nitrogen and oxygen atoms in total. The van der Waals surface area contributed by atoms with Crippen molar-refractivity contribution in [1.29, 1.82) is 0 Å². The second kappa shape index (κ2) is 7.25. The Morgan fingerprint density at radius 2 is 2.06 bits per heavy atom. The number of unbranched alkanes of at least 4 members (excludes halogenated alkanes) is 2. The van der Waals surface area contributed by atoms with Crippen molar-refractivity contribution in [3.8, 4) is 0 Å². The summed E-state index contributed by atoms with van der Waals surface area (Å²) < 4.78 is 5.58. The van der Waals surface area contributed by atoms with E-state index in [-0.39, 0.29) is 12.1 Å². The number of rotatable bonds is 10. The van der Waals surface area contributed by atoms with E-state index in [4.69, 9.17) is 4.74 Å². The second-order valence-electron chi connectivity index (χ2n) is 5.21. The van der Waals surface area contributed by atoms with Gasteiger partial charge in [0.25, 0.3) is 0 Å². The highest BCUT2D eigenvalue weighted by Gasteiger charge is 2.31. The van der Waals surface area contributed by atoms with E-state index in [9.17, 15) is 5.11 Å². The van der Waals surface area contributed by atoms with E-state index in [0.717, 1.165) is 26.1 Å². The van der Waals surface area contributed by atoms with Gasteiger partial charge in [0.2, 0.25) is 0 Å². The molecule has 0 saturated heterocycles. The quantitative estimate of drug-likeness (QED) is 0.564. The summed E-state index contributed by atoms with van der Waals surface area (Å²) in [5, 5.41) is 12.9. The molecule has 0 radical (unpaired) electrons. The first kappa shape index (κ1) is 13.9. The van der Waals surface area contributed by atoms with E-state index in [0.29, 0.717) is 6.04 Å². The molecule has 1 atom stereocenters. The van der Waals surface area contributed by atoms with Crippen LogP contribution >= 0.6 is 0 Å². The minimum absolute atomic E-state index is 0.147. The van der Waals surface area contributed by atoms with Crippen molar-refractivity contribution >= 4 is 0 Å². The molecule has 16 heavy (non-hydrogen) atoms. The Morgan fingerprint density at radius 3 is 2.62 bits per heavy atom. The molecule has 0 heterocycles. The molecule has 0 aromatic heterocycles. The predicted molar refractivity (Wildman–Crippen MR) is 66.6 cm³/mol. The second-order valence-corrected chi connectivity index (χ2v) is 5.21. The number of hydrogen-bond donors (Lipinski definition) is 2. The van der Waals surface area contributed by atoms with Crippen LogP contribution in [-0.2, 0) is 4.74 Å². The fourth-order valence-corrected chi connectivity index (χ4v) is 1.77. The van der Waals surface area contributed by atoms with Gasteiger partial charge < -0.3 is 15.2 Å². The minimum atomic E-state index is -0.147. The van der Waals surface area contributed by atoms with Gasteiger partial charge in [-0.15, -0.1) is 0 Å². The molecule has 3 heteroatoms. The molecule has 0 aromatic rings. The first-order valence-corrected chi connectivity index (χ1v) is 6.66. The fourth-order valence-electron chi connectivity index (χ4n) is 1.77. The number of hydrogen-bond acceptors (Lipinski definition) is 3. The summed E-state index contributed by atoms with van der Waals surface area (Å²) in [7, 11) is 0. The van der Waals surface area contributed by atoms with Crippen LogP contribution in [0.5, 0.6) is 0 Å². The minimum Gasteiger partial charge on any atom is -0.394 e. The Bertz CT molecular complexity index is 183. The molecule has 2 N–H and O–H groups in total. The third kappa shape index (κ3) is 5.83. The molecule has 1 saturated carbocycles. The lowest BCUT2D eigenvalue weighted by molar-refractivity contribution is 0.0841. The Kier molecular flexibility index (Phi) is 6.32. The van der Waals surface area contributed by atoms with Crippen molar-refractivity contribution in [2.24, 2.45) is 0 Å². The Hall–Kier alpha value is -0.120. The van der Waals surface area contributed by atoms with E-state index in [2.05, 4.69) is 19.2 Å². The van der Waals surface area contributed by atoms with Crippen molar-refractivity contribution < 1.29 is 9.84 Å². The van der Waals surface area contributed by atoms with Crippen LogP contribution in [0.1, 0.15) is 52.4 Å². The van der Waals surface area contributed by atoms with Gasteiger partial charge in [0.1, 0.15) is 0 Å². The standard InChI is InChI=1S/C13H27NO2/c1-3-4-5-9-16-10-8-13(2,11-15)14-12-6-7-12/h12,14-15H,3-11H2,1-2H3. The normalized spacial score (nSPS) is 19.7. The summed E-state index contributed by atoms with van der Waals surface area (Å²) in [6.45, 7) is 6.09. The zero-order valence-corrected chi connectivity index (χ0v) is 10.8. The molecular formula is C13H27NO2. The molecule has 0 aromatic carbocycles. The molecule has 96 valence electrons. The molecule has 0 bridgehead atoms. The Labute approximate surface area is 99.6 Å². The van der Waals surface area contributed by atoms with Gasteiger partial charge >= 0.3 is 0 Å². The SMILES string of the molecule is CCCCCOCCC(C)(CO)NC1CC1. The maximum Gasteiger partial charge on any atom is 0.0611 e. The number of aliphatic hydroxyl groups is 1. The number of nitrogens with one attached hydrogen (secondary N) is 1. The van der Waals surface area contributed by atoms with Gasteiger partial charge in [0.05, 0.1) is 6.61 Å². The van der Waals surface area contributed by atoms with Gasteiger partial charge in [-0.1, -0.05) is 19.8 Å². The van der Waals surface area contributed by atoms with E-state index in [1.807, 2.05) is 0 Å². The first-order valence-electron chi connectivity index (χ1n) is 6.66. The molecule has 0 spiro atoms. The summed E-state index contributed by atoms with van der Waals surface area (Å²) >= 11 is 0. The summed E-state index contributed by atoms with van der Waals surface area (Å²) in [6.07, 6.45) is 7.05. The Morgan fingerprint density at radius 1 is 1.31 bits per heavy atom. The summed E-state index contributed by atoms with van der Waals surface area (Å²) in [5.74, 6) is 0. The van der Waals surface area contributed by atoms with Crippen LogP contribution in [0.4, 0.5) is 0 Å². The van der Waals surface area contributed by atoms with Crippen LogP contribution in [0.15, 0.2) is 0 Å². The number of aliphatic hydroxyl groups excluding tert-OH is 1. The average Bonchev–Trinajstić information content (AvgIpc) is 3.07. The molecule has 1 aliphatic carbocycles. The van der Waals surface area contributed by atoms with E-state index in [1.165, 1.54) is 25.7 Å². The van der Waals surface area contributed by atoms with Crippen LogP contribution < -0.4 is 5.32 Å². The van der Waals surface area contributed by atoms with Gasteiger partial charge in [-0.3, -0.25) is 0 Å². The lowest BCUT2D eigenvalue weighted by Gasteiger charge is -2.28. The van der Waals surface area contributed by atoms with Crippen LogP contribution in [0.2, 0.25) is 0 Å². The third-order valence-corrected chi connectivity index (χ3v) is 3.17. The highest BCUT2D eigenvalue weighted by Crippen LogP contribution is 2.23. The number of ether oxygens (including phenoxy) is 1. The van der Waals surface area contributed by atoms with Crippen molar-refractivity contribution in [3.05, 3.63) is 0 Å². The highest BCUT2D eigenvalue weighted by molar-refractivity contribution is 4.92.